The van der Waals surface area contributed by atoms with E-state index >= 15 is 0 Å². The minimum Gasteiger partial charge on any atom is -0.451 e. The van der Waals surface area contributed by atoms with E-state index in [1.807, 2.05) is 13.8 Å². The van der Waals surface area contributed by atoms with Gasteiger partial charge in [0.05, 0.1) is 11.1 Å². The van der Waals surface area contributed by atoms with Gasteiger partial charge in [-0.3, -0.25) is 19.3 Å². The second-order valence-corrected chi connectivity index (χ2v) is 7.78. The first-order chi connectivity index (χ1) is 13.3. The van der Waals surface area contributed by atoms with Crippen molar-refractivity contribution >= 4 is 23.7 Å². The molecule has 2 atom stereocenters. The summed E-state index contributed by atoms with van der Waals surface area (Å²) in [7, 11) is 0. The van der Waals surface area contributed by atoms with E-state index in [9.17, 15) is 19.2 Å². The molecule has 28 heavy (non-hydrogen) atoms. The van der Waals surface area contributed by atoms with Gasteiger partial charge in [0.1, 0.15) is 6.04 Å². The lowest BCUT2D eigenvalue weighted by atomic mass is 10.0. The Labute approximate surface area is 164 Å². The van der Waals surface area contributed by atoms with Crippen molar-refractivity contribution in [2.24, 2.45) is 5.92 Å². The highest BCUT2D eigenvalue weighted by Gasteiger charge is 2.44. The van der Waals surface area contributed by atoms with Gasteiger partial charge in [-0.25, -0.2) is 4.79 Å². The van der Waals surface area contributed by atoms with Crippen molar-refractivity contribution in [3.8, 4) is 0 Å². The van der Waals surface area contributed by atoms with Crippen LogP contribution in [0.25, 0.3) is 0 Å². The summed E-state index contributed by atoms with van der Waals surface area (Å²) in [4.78, 5) is 53.6. The van der Waals surface area contributed by atoms with Gasteiger partial charge in [0.15, 0.2) is 6.10 Å². The van der Waals surface area contributed by atoms with Gasteiger partial charge in [-0.2, -0.15) is 0 Å². The van der Waals surface area contributed by atoms with E-state index in [-0.39, 0.29) is 29.4 Å². The predicted octanol–water partition coefficient (Wildman–Crippen LogP) is 2.25. The minimum atomic E-state index is -1.05. The zero-order chi connectivity index (χ0) is 20.4. The van der Waals surface area contributed by atoms with Crippen molar-refractivity contribution in [2.45, 2.75) is 52.2 Å². The lowest BCUT2D eigenvalue weighted by Crippen LogP contribution is -2.48. The summed E-state index contributed by atoms with van der Waals surface area (Å²) in [6, 6.07) is 5.46. The number of carbonyl (C=O) groups excluding carboxylic acids is 4. The molecule has 0 radical (unpaired) electrons. The molecular formula is C21H26N2O5. The maximum Gasteiger partial charge on any atom is 0.330 e. The van der Waals surface area contributed by atoms with Gasteiger partial charge in [0, 0.05) is 13.1 Å². The molecule has 7 heteroatoms. The Morgan fingerprint density at radius 1 is 1.00 bits per heavy atom. The first kappa shape index (κ1) is 20.0. The van der Waals surface area contributed by atoms with E-state index in [1.165, 1.54) is 6.92 Å². The Bertz CT molecular complexity index is 763. The maximum absolute atomic E-state index is 12.9. The molecule has 0 spiro atoms. The lowest BCUT2D eigenvalue weighted by Gasteiger charge is -2.28. The van der Waals surface area contributed by atoms with Crippen LogP contribution in [-0.2, 0) is 14.3 Å². The van der Waals surface area contributed by atoms with E-state index in [0.29, 0.717) is 13.1 Å². The Hall–Kier alpha value is -2.70. The predicted molar refractivity (Wildman–Crippen MR) is 102 cm³/mol. The quantitative estimate of drug-likeness (QED) is 0.553. The molecule has 0 bridgehead atoms. The zero-order valence-electron chi connectivity index (χ0n) is 16.5. The SMILES string of the molecule is CC(C)C[C@H](C(=O)O[C@H](C)C(=O)N1CCCC1)N1C(=O)c2ccccc2C1=O. The van der Waals surface area contributed by atoms with Crippen LogP contribution < -0.4 is 0 Å². The highest BCUT2D eigenvalue weighted by Crippen LogP contribution is 2.27. The molecule has 2 aliphatic heterocycles. The third kappa shape index (κ3) is 3.79. The van der Waals surface area contributed by atoms with E-state index in [1.54, 1.807) is 29.2 Å². The molecule has 2 aliphatic rings. The van der Waals surface area contributed by atoms with Crippen LogP contribution in [0.4, 0.5) is 0 Å². The average molecular weight is 386 g/mol. The molecule has 1 saturated heterocycles. The fraction of sp³-hybridized carbons (Fsp3) is 0.524. The fourth-order valence-corrected chi connectivity index (χ4v) is 3.74. The highest BCUT2D eigenvalue weighted by atomic mass is 16.5. The van der Waals surface area contributed by atoms with Gasteiger partial charge in [0.25, 0.3) is 17.7 Å². The van der Waals surface area contributed by atoms with Gasteiger partial charge in [-0.1, -0.05) is 26.0 Å². The topological polar surface area (TPSA) is 84.0 Å². The summed E-state index contributed by atoms with van der Waals surface area (Å²) < 4.78 is 5.42. The molecule has 2 heterocycles. The molecule has 0 N–H and O–H groups in total. The number of hydrogen-bond donors (Lipinski definition) is 0. The number of benzene rings is 1. The molecular weight excluding hydrogens is 360 g/mol. The monoisotopic (exact) mass is 386 g/mol. The highest BCUT2D eigenvalue weighted by molar-refractivity contribution is 6.22. The Balaban J connectivity index is 1.78. The van der Waals surface area contributed by atoms with Crippen molar-refractivity contribution in [3.63, 3.8) is 0 Å². The van der Waals surface area contributed by atoms with Crippen molar-refractivity contribution in [1.82, 2.24) is 9.80 Å². The summed E-state index contributed by atoms with van der Waals surface area (Å²) >= 11 is 0. The fourth-order valence-electron chi connectivity index (χ4n) is 3.74. The minimum absolute atomic E-state index is 0.0476. The molecule has 3 amide bonds. The van der Waals surface area contributed by atoms with Crippen LogP contribution in [0, 0.1) is 5.92 Å². The van der Waals surface area contributed by atoms with Crippen LogP contribution in [0.2, 0.25) is 0 Å². The van der Waals surface area contributed by atoms with E-state index in [4.69, 9.17) is 4.74 Å². The Morgan fingerprint density at radius 3 is 2.04 bits per heavy atom. The number of rotatable bonds is 6. The maximum atomic E-state index is 12.9. The lowest BCUT2D eigenvalue weighted by molar-refractivity contribution is -0.162. The van der Waals surface area contributed by atoms with Crippen molar-refractivity contribution in [3.05, 3.63) is 35.4 Å². The normalized spacial score (nSPS) is 18.4. The zero-order valence-corrected chi connectivity index (χ0v) is 16.5. The number of esters is 1. The Morgan fingerprint density at radius 2 is 1.54 bits per heavy atom. The van der Waals surface area contributed by atoms with Crippen molar-refractivity contribution < 1.29 is 23.9 Å². The molecule has 150 valence electrons. The molecule has 3 rings (SSSR count). The number of carbonyl (C=O) groups is 4. The number of nitrogens with zero attached hydrogens (tertiary/aromatic N) is 2. The van der Waals surface area contributed by atoms with E-state index in [0.717, 1.165) is 17.7 Å². The van der Waals surface area contributed by atoms with Gasteiger partial charge < -0.3 is 9.64 Å². The third-order valence-electron chi connectivity index (χ3n) is 5.16. The third-order valence-corrected chi connectivity index (χ3v) is 5.16. The van der Waals surface area contributed by atoms with E-state index < -0.39 is 29.9 Å². The molecule has 1 fully saturated rings. The molecule has 0 aromatic heterocycles. The van der Waals surface area contributed by atoms with Crippen LogP contribution in [0.1, 0.15) is 60.7 Å². The van der Waals surface area contributed by atoms with Crippen molar-refractivity contribution in [2.75, 3.05) is 13.1 Å². The van der Waals surface area contributed by atoms with Gasteiger partial charge in [0.2, 0.25) is 0 Å². The molecule has 7 nitrogen and oxygen atoms in total. The summed E-state index contributed by atoms with van der Waals surface area (Å²) in [5.41, 5.74) is 0.575. The largest absolute Gasteiger partial charge is 0.451 e. The van der Waals surface area contributed by atoms with Crippen LogP contribution in [0.5, 0.6) is 0 Å². The molecule has 0 saturated carbocycles. The van der Waals surface area contributed by atoms with Crippen LogP contribution in [-0.4, -0.2) is 58.7 Å². The van der Waals surface area contributed by atoms with E-state index in [2.05, 4.69) is 0 Å². The summed E-state index contributed by atoms with van der Waals surface area (Å²) in [6.07, 6.45) is 1.21. The smallest absolute Gasteiger partial charge is 0.330 e. The standard InChI is InChI=1S/C21H26N2O5/c1-13(2)12-17(21(27)28-14(3)18(24)22-10-6-7-11-22)23-19(25)15-8-4-5-9-16(15)20(23)26/h4-5,8-9,13-14,17H,6-7,10-12H2,1-3H3/t14-,17-/m1/s1. The first-order valence-electron chi connectivity index (χ1n) is 9.77. The van der Waals surface area contributed by atoms with Crippen LogP contribution in [0.3, 0.4) is 0 Å². The second-order valence-electron chi connectivity index (χ2n) is 7.78. The molecule has 1 aromatic carbocycles. The van der Waals surface area contributed by atoms with Gasteiger partial charge >= 0.3 is 5.97 Å². The first-order valence-corrected chi connectivity index (χ1v) is 9.77. The number of imide groups is 1. The average Bonchev–Trinajstić information content (AvgIpc) is 3.27. The molecule has 0 aliphatic carbocycles. The van der Waals surface area contributed by atoms with Crippen LogP contribution >= 0.6 is 0 Å². The number of likely N-dealkylation sites (tertiary alicyclic amines) is 1. The molecule has 0 unspecified atom stereocenters. The number of amides is 3. The number of ether oxygens (including phenoxy) is 1. The van der Waals surface area contributed by atoms with Crippen molar-refractivity contribution in [1.29, 1.82) is 0 Å². The summed E-state index contributed by atoms with van der Waals surface area (Å²) in [6.45, 7) is 6.66. The number of hydrogen-bond acceptors (Lipinski definition) is 5. The van der Waals surface area contributed by atoms with Gasteiger partial charge in [-0.15, -0.1) is 0 Å². The van der Waals surface area contributed by atoms with Crippen LogP contribution in [0.15, 0.2) is 24.3 Å². The van der Waals surface area contributed by atoms with Gasteiger partial charge in [-0.05, 0) is 44.2 Å². The summed E-state index contributed by atoms with van der Waals surface area (Å²) in [5, 5.41) is 0. The summed E-state index contributed by atoms with van der Waals surface area (Å²) in [5.74, 6) is -1.91. The molecule has 1 aromatic rings. The Kier molecular flexibility index (Phi) is 5.82. The second kappa shape index (κ2) is 8.12. The number of fused-ring (bicyclic) bond motifs is 1.